The molecule has 1 N–H and O–H groups in total. The minimum atomic E-state index is 0.0939. The highest BCUT2D eigenvalue weighted by molar-refractivity contribution is 5.50. The lowest BCUT2D eigenvalue weighted by molar-refractivity contribution is 0.122. The van der Waals surface area contributed by atoms with Gasteiger partial charge in [0.1, 0.15) is 23.7 Å². The zero-order valence-electron chi connectivity index (χ0n) is 16.0. The van der Waals surface area contributed by atoms with Gasteiger partial charge in [-0.15, -0.1) is 0 Å². The Labute approximate surface area is 160 Å². The van der Waals surface area contributed by atoms with Crippen LogP contribution in [0.15, 0.2) is 36.7 Å². The summed E-state index contributed by atoms with van der Waals surface area (Å²) in [6.45, 7) is 4.11. The first-order valence-corrected chi connectivity index (χ1v) is 9.83. The molecule has 1 saturated heterocycles. The second kappa shape index (κ2) is 8.13. The largest absolute Gasteiger partial charge is 0.496 e. The number of morpholine rings is 1. The second-order valence-corrected chi connectivity index (χ2v) is 7.40. The van der Waals surface area contributed by atoms with Crippen LogP contribution in [0.5, 0.6) is 5.75 Å². The van der Waals surface area contributed by atoms with Crippen molar-refractivity contribution in [2.75, 3.05) is 50.2 Å². The van der Waals surface area contributed by atoms with E-state index < -0.39 is 0 Å². The first-order chi connectivity index (χ1) is 13.3. The van der Waals surface area contributed by atoms with Crippen LogP contribution in [-0.4, -0.2) is 49.9 Å². The Kier molecular flexibility index (Phi) is 5.43. The number of methoxy groups -OCH3 is 1. The quantitative estimate of drug-likeness (QED) is 0.845. The highest BCUT2D eigenvalue weighted by Crippen LogP contribution is 2.44. The van der Waals surface area contributed by atoms with E-state index in [0.717, 1.165) is 50.2 Å². The number of nitrogens with zero attached hydrogens (tertiary/aromatic N) is 3. The number of hydrogen-bond acceptors (Lipinski definition) is 6. The minimum Gasteiger partial charge on any atom is -0.496 e. The molecular formula is C21H28N4O2. The van der Waals surface area contributed by atoms with Gasteiger partial charge in [-0.25, -0.2) is 9.97 Å². The summed E-state index contributed by atoms with van der Waals surface area (Å²) >= 11 is 0. The Balaban J connectivity index is 1.52. The highest BCUT2D eigenvalue weighted by atomic mass is 16.5. The number of aromatic nitrogens is 2. The maximum absolute atomic E-state index is 5.66. The van der Waals surface area contributed by atoms with E-state index in [-0.39, 0.29) is 5.41 Å². The second-order valence-electron chi connectivity index (χ2n) is 7.40. The summed E-state index contributed by atoms with van der Waals surface area (Å²) in [4.78, 5) is 11.1. The molecule has 1 saturated carbocycles. The molecule has 6 nitrogen and oxygen atoms in total. The van der Waals surface area contributed by atoms with Crippen molar-refractivity contribution in [2.45, 2.75) is 31.1 Å². The molecule has 0 unspecified atom stereocenters. The van der Waals surface area contributed by atoms with Gasteiger partial charge >= 0.3 is 0 Å². The molecule has 144 valence electrons. The van der Waals surface area contributed by atoms with E-state index in [4.69, 9.17) is 9.47 Å². The number of hydrogen-bond donors (Lipinski definition) is 1. The summed E-state index contributed by atoms with van der Waals surface area (Å²) in [5.41, 5.74) is 1.40. The molecule has 1 aliphatic carbocycles. The van der Waals surface area contributed by atoms with Crippen molar-refractivity contribution in [1.29, 1.82) is 0 Å². The first-order valence-electron chi connectivity index (χ1n) is 9.83. The van der Waals surface area contributed by atoms with Crippen LogP contribution in [-0.2, 0) is 10.2 Å². The molecular weight excluding hydrogens is 340 g/mol. The van der Waals surface area contributed by atoms with Crippen molar-refractivity contribution in [3.63, 3.8) is 0 Å². The SMILES string of the molecule is COc1ccccc1C1(CNc2cc(N3CCOCC3)ncn2)CCCC1. The maximum atomic E-state index is 5.66. The van der Waals surface area contributed by atoms with Crippen LogP contribution in [0.1, 0.15) is 31.2 Å². The lowest BCUT2D eigenvalue weighted by Crippen LogP contribution is -2.37. The van der Waals surface area contributed by atoms with Crippen LogP contribution < -0.4 is 15.0 Å². The summed E-state index contributed by atoms with van der Waals surface area (Å²) in [7, 11) is 1.76. The summed E-state index contributed by atoms with van der Waals surface area (Å²) in [5, 5.41) is 3.59. The Morgan fingerprint density at radius 3 is 2.70 bits per heavy atom. The lowest BCUT2D eigenvalue weighted by Gasteiger charge is -2.32. The molecule has 0 bridgehead atoms. The molecule has 6 heteroatoms. The average molecular weight is 368 g/mol. The number of ether oxygens (including phenoxy) is 2. The molecule has 0 atom stereocenters. The predicted octanol–water partition coefficient (Wildman–Crippen LogP) is 3.25. The molecule has 2 heterocycles. The van der Waals surface area contributed by atoms with E-state index in [1.54, 1.807) is 13.4 Å². The fourth-order valence-corrected chi connectivity index (χ4v) is 4.34. The van der Waals surface area contributed by atoms with E-state index in [1.165, 1.54) is 31.2 Å². The minimum absolute atomic E-state index is 0.0939. The predicted molar refractivity (Wildman–Crippen MR) is 107 cm³/mol. The molecule has 2 aliphatic rings. The summed E-state index contributed by atoms with van der Waals surface area (Å²) < 4.78 is 11.1. The van der Waals surface area contributed by atoms with Gasteiger partial charge in [0.25, 0.3) is 0 Å². The first kappa shape index (κ1) is 18.0. The third-order valence-corrected chi connectivity index (χ3v) is 5.83. The van der Waals surface area contributed by atoms with Crippen LogP contribution in [0, 0.1) is 0 Å². The zero-order chi connectivity index (χ0) is 18.5. The fraction of sp³-hybridized carbons (Fsp3) is 0.524. The van der Waals surface area contributed by atoms with E-state index >= 15 is 0 Å². The van der Waals surface area contributed by atoms with Gasteiger partial charge < -0.3 is 19.7 Å². The Hall–Kier alpha value is -2.34. The van der Waals surface area contributed by atoms with Gasteiger partial charge in [-0.3, -0.25) is 0 Å². The van der Waals surface area contributed by atoms with Gasteiger partial charge in [0.05, 0.1) is 20.3 Å². The Bertz CT molecular complexity index is 755. The van der Waals surface area contributed by atoms with Gasteiger partial charge in [0.2, 0.25) is 0 Å². The number of para-hydroxylation sites is 1. The molecule has 0 radical (unpaired) electrons. The highest BCUT2D eigenvalue weighted by Gasteiger charge is 2.37. The standard InChI is InChI=1S/C21H28N4O2/c1-26-18-7-3-2-6-17(18)21(8-4-5-9-21)15-22-19-14-20(24-16-23-19)25-10-12-27-13-11-25/h2-3,6-7,14,16H,4-5,8-13,15H2,1H3,(H,22,23,24). The smallest absolute Gasteiger partial charge is 0.134 e. The number of rotatable bonds is 6. The van der Waals surface area contributed by atoms with Gasteiger partial charge in [0.15, 0.2) is 0 Å². The van der Waals surface area contributed by atoms with E-state index in [2.05, 4.69) is 44.5 Å². The average Bonchev–Trinajstić information content (AvgIpc) is 3.23. The van der Waals surface area contributed by atoms with Crippen molar-refractivity contribution >= 4 is 11.6 Å². The normalized spacial score (nSPS) is 19.1. The molecule has 0 spiro atoms. The van der Waals surface area contributed by atoms with Crippen molar-refractivity contribution in [1.82, 2.24) is 9.97 Å². The number of benzene rings is 1. The van der Waals surface area contributed by atoms with Crippen molar-refractivity contribution < 1.29 is 9.47 Å². The molecule has 1 aromatic carbocycles. The number of anilines is 2. The molecule has 1 aliphatic heterocycles. The Morgan fingerprint density at radius 2 is 1.93 bits per heavy atom. The van der Waals surface area contributed by atoms with E-state index in [9.17, 15) is 0 Å². The summed E-state index contributed by atoms with van der Waals surface area (Å²) in [6.07, 6.45) is 6.49. The van der Waals surface area contributed by atoms with Crippen molar-refractivity contribution in [3.05, 3.63) is 42.2 Å². The van der Waals surface area contributed by atoms with Crippen LogP contribution in [0.4, 0.5) is 11.6 Å². The molecule has 0 amide bonds. The van der Waals surface area contributed by atoms with Gasteiger partial charge in [-0.05, 0) is 18.9 Å². The number of nitrogens with one attached hydrogen (secondary N) is 1. The third kappa shape index (κ3) is 3.86. The Morgan fingerprint density at radius 1 is 1.15 bits per heavy atom. The van der Waals surface area contributed by atoms with E-state index in [0.29, 0.717) is 0 Å². The monoisotopic (exact) mass is 368 g/mol. The van der Waals surface area contributed by atoms with Crippen LogP contribution in [0.25, 0.3) is 0 Å². The topological polar surface area (TPSA) is 59.5 Å². The van der Waals surface area contributed by atoms with Crippen LogP contribution >= 0.6 is 0 Å². The third-order valence-electron chi connectivity index (χ3n) is 5.83. The summed E-state index contributed by atoms with van der Waals surface area (Å²) in [5.74, 6) is 2.83. The molecule has 2 fully saturated rings. The molecule has 1 aromatic heterocycles. The molecule has 27 heavy (non-hydrogen) atoms. The zero-order valence-corrected chi connectivity index (χ0v) is 16.0. The van der Waals surface area contributed by atoms with Crippen LogP contribution in [0.3, 0.4) is 0 Å². The molecule has 2 aromatic rings. The van der Waals surface area contributed by atoms with Crippen molar-refractivity contribution in [2.24, 2.45) is 0 Å². The summed E-state index contributed by atoms with van der Waals surface area (Å²) in [6, 6.07) is 10.5. The van der Waals surface area contributed by atoms with Gasteiger partial charge in [-0.1, -0.05) is 31.0 Å². The van der Waals surface area contributed by atoms with Crippen molar-refractivity contribution in [3.8, 4) is 5.75 Å². The lowest BCUT2D eigenvalue weighted by atomic mass is 9.78. The van der Waals surface area contributed by atoms with Crippen LogP contribution in [0.2, 0.25) is 0 Å². The maximum Gasteiger partial charge on any atom is 0.134 e. The van der Waals surface area contributed by atoms with E-state index in [1.807, 2.05) is 6.07 Å². The fourth-order valence-electron chi connectivity index (χ4n) is 4.34. The van der Waals surface area contributed by atoms with Gasteiger partial charge in [-0.2, -0.15) is 0 Å². The van der Waals surface area contributed by atoms with Gasteiger partial charge in [0, 0.05) is 36.7 Å². The molecule has 4 rings (SSSR count).